The normalized spacial score (nSPS) is 21.9. The van der Waals surface area contributed by atoms with E-state index in [1.54, 1.807) is 17.0 Å². The Morgan fingerprint density at radius 3 is 2.62 bits per heavy atom. The van der Waals surface area contributed by atoms with Crippen molar-refractivity contribution in [2.45, 2.75) is 45.6 Å². The molecule has 0 radical (unpaired) electrons. The molecule has 2 rings (SSSR count). The maximum atomic E-state index is 13.9. The number of hydrogen-bond donors (Lipinski definition) is 1. The molecular formula is C17H25FN2O. The van der Waals surface area contributed by atoms with Gasteiger partial charge < -0.3 is 10.2 Å². The van der Waals surface area contributed by atoms with Crippen LogP contribution in [0.5, 0.6) is 0 Å². The highest BCUT2D eigenvalue weighted by Gasteiger charge is 2.27. The van der Waals surface area contributed by atoms with Crippen molar-refractivity contribution in [1.29, 1.82) is 0 Å². The zero-order chi connectivity index (χ0) is 15.4. The summed E-state index contributed by atoms with van der Waals surface area (Å²) >= 11 is 0. The largest absolute Gasteiger partial charge is 0.382 e. The molecule has 116 valence electrons. The van der Waals surface area contributed by atoms with Gasteiger partial charge >= 0.3 is 0 Å². The summed E-state index contributed by atoms with van der Waals surface area (Å²) in [4.78, 5) is 14.5. The Labute approximate surface area is 126 Å². The van der Waals surface area contributed by atoms with Crippen molar-refractivity contribution >= 4 is 11.6 Å². The number of para-hydroxylation sites is 1. The Bertz CT molecular complexity index is 496. The molecule has 1 N–H and O–H groups in total. The summed E-state index contributed by atoms with van der Waals surface area (Å²) in [6.45, 7) is 4.74. The van der Waals surface area contributed by atoms with E-state index in [1.807, 2.05) is 14.0 Å². The number of nitrogens with one attached hydrogen (secondary N) is 1. The van der Waals surface area contributed by atoms with E-state index in [1.165, 1.54) is 6.07 Å². The van der Waals surface area contributed by atoms with Gasteiger partial charge in [0.1, 0.15) is 5.82 Å². The molecule has 1 fully saturated rings. The van der Waals surface area contributed by atoms with Crippen LogP contribution in [0.2, 0.25) is 0 Å². The van der Waals surface area contributed by atoms with Gasteiger partial charge in [0.25, 0.3) is 5.91 Å². The first-order chi connectivity index (χ1) is 10.0. The second kappa shape index (κ2) is 6.92. The van der Waals surface area contributed by atoms with E-state index in [0.717, 1.165) is 31.6 Å². The maximum absolute atomic E-state index is 13.9. The molecule has 1 saturated carbocycles. The highest BCUT2D eigenvalue weighted by Crippen LogP contribution is 2.28. The SMILES string of the molecule is CCNc1c(F)cccc1C(=O)N(C)C1CCC(C)CC1. The molecule has 0 unspecified atom stereocenters. The molecule has 1 aromatic rings. The van der Waals surface area contributed by atoms with Gasteiger partial charge in [-0.15, -0.1) is 0 Å². The lowest BCUT2D eigenvalue weighted by molar-refractivity contribution is 0.0680. The minimum Gasteiger partial charge on any atom is -0.382 e. The predicted octanol–water partition coefficient (Wildman–Crippen LogP) is 3.91. The Kier molecular flexibility index (Phi) is 5.21. The Morgan fingerprint density at radius 1 is 1.33 bits per heavy atom. The van der Waals surface area contributed by atoms with Crippen LogP contribution in [-0.2, 0) is 0 Å². The fourth-order valence-electron chi connectivity index (χ4n) is 3.04. The van der Waals surface area contributed by atoms with Gasteiger partial charge in [0.2, 0.25) is 0 Å². The van der Waals surface area contributed by atoms with E-state index in [9.17, 15) is 9.18 Å². The van der Waals surface area contributed by atoms with Gasteiger partial charge in [-0.3, -0.25) is 4.79 Å². The quantitative estimate of drug-likeness (QED) is 0.912. The van der Waals surface area contributed by atoms with Crippen LogP contribution in [0.4, 0.5) is 10.1 Å². The number of hydrogen-bond acceptors (Lipinski definition) is 2. The number of benzene rings is 1. The number of anilines is 1. The first-order valence-corrected chi connectivity index (χ1v) is 7.84. The van der Waals surface area contributed by atoms with Gasteiger partial charge in [0.05, 0.1) is 11.3 Å². The molecule has 0 saturated heterocycles. The zero-order valence-electron chi connectivity index (χ0n) is 13.2. The van der Waals surface area contributed by atoms with Crippen LogP contribution < -0.4 is 5.32 Å². The number of rotatable bonds is 4. The first-order valence-electron chi connectivity index (χ1n) is 7.84. The highest BCUT2D eigenvalue weighted by atomic mass is 19.1. The summed E-state index contributed by atoms with van der Waals surface area (Å²) in [5.41, 5.74) is 0.749. The number of carbonyl (C=O) groups is 1. The molecule has 0 aliphatic heterocycles. The summed E-state index contributed by atoms with van der Waals surface area (Å²) in [6.07, 6.45) is 4.39. The lowest BCUT2D eigenvalue weighted by Gasteiger charge is -2.34. The van der Waals surface area contributed by atoms with Gasteiger partial charge in [0, 0.05) is 19.6 Å². The lowest BCUT2D eigenvalue weighted by atomic mass is 9.86. The Hall–Kier alpha value is -1.58. The third-order valence-electron chi connectivity index (χ3n) is 4.45. The third kappa shape index (κ3) is 3.55. The maximum Gasteiger partial charge on any atom is 0.256 e. The molecule has 0 bridgehead atoms. The van der Waals surface area contributed by atoms with Gasteiger partial charge in [-0.05, 0) is 50.7 Å². The molecule has 1 aliphatic rings. The second-order valence-electron chi connectivity index (χ2n) is 6.02. The second-order valence-corrected chi connectivity index (χ2v) is 6.02. The van der Waals surface area contributed by atoms with E-state index < -0.39 is 0 Å². The number of amides is 1. The molecule has 1 aliphatic carbocycles. The number of nitrogens with zero attached hydrogens (tertiary/aromatic N) is 1. The van der Waals surface area contributed by atoms with Crippen molar-refractivity contribution in [1.82, 2.24) is 4.90 Å². The standard InChI is InChI=1S/C17H25FN2O/c1-4-19-16-14(6-5-7-15(16)18)17(21)20(3)13-10-8-12(2)9-11-13/h5-7,12-13,19H,4,8-11H2,1-3H3. The summed E-state index contributed by atoms with van der Waals surface area (Å²) in [7, 11) is 1.84. The fraction of sp³-hybridized carbons (Fsp3) is 0.588. The minimum absolute atomic E-state index is 0.0926. The van der Waals surface area contributed by atoms with Gasteiger partial charge in [-0.25, -0.2) is 4.39 Å². The van der Waals surface area contributed by atoms with Gasteiger partial charge in [0.15, 0.2) is 0 Å². The zero-order valence-corrected chi connectivity index (χ0v) is 13.2. The van der Waals surface area contributed by atoms with Crippen LogP contribution in [0.1, 0.15) is 49.9 Å². The molecular weight excluding hydrogens is 267 g/mol. The fourth-order valence-corrected chi connectivity index (χ4v) is 3.04. The lowest BCUT2D eigenvalue weighted by Crippen LogP contribution is -2.39. The van der Waals surface area contributed by atoms with Crippen LogP contribution in [0.15, 0.2) is 18.2 Å². The number of halogens is 1. The molecule has 1 amide bonds. The van der Waals surface area contributed by atoms with Crippen LogP contribution in [-0.4, -0.2) is 30.4 Å². The van der Waals surface area contributed by atoms with E-state index in [0.29, 0.717) is 17.8 Å². The van der Waals surface area contributed by atoms with Crippen LogP contribution in [0.25, 0.3) is 0 Å². The molecule has 3 nitrogen and oxygen atoms in total. The summed E-state index contributed by atoms with van der Waals surface area (Å²) < 4.78 is 13.9. The smallest absolute Gasteiger partial charge is 0.256 e. The molecule has 0 spiro atoms. The van der Waals surface area contributed by atoms with Crippen LogP contribution in [0, 0.1) is 11.7 Å². The van der Waals surface area contributed by atoms with Crippen molar-refractivity contribution in [2.75, 3.05) is 18.9 Å². The molecule has 0 atom stereocenters. The van der Waals surface area contributed by atoms with Gasteiger partial charge in [-0.2, -0.15) is 0 Å². The van der Waals surface area contributed by atoms with Crippen molar-refractivity contribution < 1.29 is 9.18 Å². The monoisotopic (exact) mass is 292 g/mol. The highest BCUT2D eigenvalue weighted by molar-refractivity contribution is 5.99. The Balaban J connectivity index is 2.17. The van der Waals surface area contributed by atoms with Gasteiger partial charge in [-0.1, -0.05) is 13.0 Å². The summed E-state index contributed by atoms with van der Waals surface area (Å²) in [5.74, 6) is 0.287. The van der Waals surface area contributed by atoms with E-state index in [-0.39, 0.29) is 17.8 Å². The van der Waals surface area contributed by atoms with Crippen molar-refractivity contribution in [3.8, 4) is 0 Å². The van der Waals surface area contributed by atoms with Crippen molar-refractivity contribution in [3.05, 3.63) is 29.6 Å². The first kappa shape index (κ1) is 15.8. The van der Waals surface area contributed by atoms with E-state index in [4.69, 9.17) is 0 Å². The molecule has 21 heavy (non-hydrogen) atoms. The van der Waals surface area contributed by atoms with Crippen LogP contribution >= 0.6 is 0 Å². The third-order valence-corrected chi connectivity index (χ3v) is 4.45. The molecule has 4 heteroatoms. The number of carbonyl (C=O) groups excluding carboxylic acids is 1. The summed E-state index contributed by atoms with van der Waals surface area (Å²) in [5, 5.41) is 2.97. The topological polar surface area (TPSA) is 32.3 Å². The van der Waals surface area contributed by atoms with E-state index in [2.05, 4.69) is 12.2 Å². The predicted molar refractivity (Wildman–Crippen MR) is 84.1 cm³/mol. The van der Waals surface area contributed by atoms with Crippen LogP contribution in [0.3, 0.4) is 0 Å². The molecule has 0 aromatic heterocycles. The average Bonchev–Trinajstić information content (AvgIpc) is 2.49. The summed E-state index contributed by atoms with van der Waals surface area (Å²) in [6, 6.07) is 4.95. The molecule has 1 aromatic carbocycles. The Morgan fingerprint density at radius 2 is 2.00 bits per heavy atom. The van der Waals surface area contributed by atoms with Crippen molar-refractivity contribution in [3.63, 3.8) is 0 Å². The van der Waals surface area contributed by atoms with E-state index >= 15 is 0 Å². The van der Waals surface area contributed by atoms with Crippen molar-refractivity contribution in [2.24, 2.45) is 5.92 Å². The molecule has 0 heterocycles. The minimum atomic E-state index is -0.367. The average molecular weight is 292 g/mol.